The smallest absolute Gasteiger partial charge is 0.248 e. The number of halogens is 1. The second-order valence-corrected chi connectivity index (χ2v) is 6.55. The normalized spacial score (nSPS) is 27.8. The number of nitrogens with one attached hydrogen (secondary N) is 1. The lowest BCUT2D eigenvalue weighted by Gasteiger charge is -2.38. The Kier molecular flexibility index (Phi) is 6.29. The van der Waals surface area contributed by atoms with Crippen LogP contribution in [0.1, 0.15) is 25.7 Å². The maximum absolute atomic E-state index is 12.1. The van der Waals surface area contributed by atoms with E-state index in [1.807, 2.05) is 4.90 Å². The van der Waals surface area contributed by atoms with E-state index < -0.39 is 0 Å². The van der Waals surface area contributed by atoms with Gasteiger partial charge >= 0.3 is 0 Å². The molecule has 0 saturated carbocycles. The fourth-order valence-electron chi connectivity index (χ4n) is 3.57. The number of ether oxygens (including phenoxy) is 2. The molecule has 3 fully saturated rings. The molecular formula is C15H27ClN2O3. The van der Waals surface area contributed by atoms with Crippen molar-refractivity contribution in [3.05, 3.63) is 0 Å². The third-order valence-corrected chi connectivity index (χ3v) is 5.11. The predicted octanol–water partition coefficient (Wildman–Crippen LogP) is 1.06. The van der Waals surface area contributed by atoms with Gasteiger partial charge in [0, 0.05) is 32.2 Å². The van der Waals surface area contributed by atoms with Crippen molar-refractivity contribution in [3.8, 4) is 0 Å². The van der Waals surface area contributed by atoms with E-state index in [0.29, 0.717) is 17.9 Å². The zero-order chi connectivity index (χ0) is 13.8. The Morgan fingerprint density at radius 1 is 1.33 bits per heavy atom. The van der Waals surface area contributed by atoms with Crippen LogP contribution in [0.3, 0.4) is 0 Å². The van der Waals surface area contributed by atoms with Crippen LogP contribution in [0.2, 0.25) is 0 Å². The molecule has 5 nitrogen and oxygen atoms in total. The molecule has 1 N–H and O–H groups in total. The van der Waals surface area contributed by atoms with E-state index in [1.165, 1.54) is 6.42 Å². The molecule has 1 atom stereocenters. The maximum atomic E-state index is 12.1. The minimum atomic E-state index is 0. The van der Waals surface area contributed by atoms with Crippen LogP contribution in [-0.2, 0) is 14.3 Å². The third-order valence-electron chi connectivity index (χ3n) is 5.11. The molecule has 3 heterocycles. The molecule has 0 aromatic carbocycles. The van der Waals surface area contributed by atoms with E-state index in [1.54, 1.807) is 0 Å². The van der Waals surface area contributed by atoms with E-state index in [9.17, 15) is 4.79 Å². The maximum Gasteiger partial charge on any atom is 0.248 e. The standard InChI is InChI=1S/C15H26N2O3.ClH/c18-14(11-20-10-13-1-8-19-9-13)17-6-3-15(4-7-17)2-5-16-12-15;/h13,16H,1-12H2;1H. The number of rotatable bonds is 4. The first-order valence-electron chi connectivity index (χ1n) is 7.91. The fraction of sp³-hybridized carbons (Fsp3) is 0.933. The van der Waals surface area contributed by atoms with Gasteiger partial charge in [-0.15, -0.1) is 12.4 Å². The summed E-state index contributed by atoms with van der Waals surface area (Å²) in [7, 11) is 0. The second-order valence-electron chi connectivity index (χ2n) is 6.55. The minimum absolute atomic E-state index is 0. The van der Waals surface area contributed by atoms with Crippen LogP contribution < -0.4 is 5.32 Å². The Bertz CT molecular complexity index is 332. The van der Waals surface area contributed by atoms with Crippen molar-refractivity contribution in [1.82, 2.24) is 10.2 Å². The molecule has 3 aliphatic heterocycles. The highest BCUT2D eigenvalue weighted by Crippen LogP contribution is 2.36. The molecule has 3 rings (SSSR count). The van der Waals surface area contributed by atoms with E-state index in [-0.39, 0.29) is 24.9 Å². The molecule has 3 saturated heterocycles. The molecule has 0 aliphatic carbocycles. The molecule has 1 amide bonds. The summed E-state index contributed by atoms with van der Waals surface area (Å²) in [4.78, 5) is 14.1. The summed E-state index contributed by atoms with van der Waals surface area (Å²) in [5.74, 6) is 0.640. The van der Waals surface area contributed by atoms with Crippen molar-refractivity contribution in [2.45, 2.75) is 25.7 Å². The Hall–Kier alpha value is -0.360. The van der Waals surface area contributed by atoms with Gasteiger partial charge in [0.05, 0.1) is 13.2 Å². The largest absolute Gasteiger partial charge is 0.381 e. The lowest BCUT2D eigenvalue weighted by Crippen LogP contribution is -2.45. The summed E-state index contributed by atoms with van der Waals surface area (Å²) in [6, 6.07) is 0. The number of carbonyl (C=O) groups excluding carboxylic acids is 1. The SMILES string of the molecule is Cl.O=C(COCC1CCOC1)N1CCC2(CCNC2)CC1. The zero-order valence-corrected chi connectivity index (χ0v) is 13.5. The Labute approximate surface area is 133 Å². The van der Waals surface area contributed by atoms with Crippen LogP contribution in [0, 0.1) is 11.3 Å². The van der Waals surface area contributed by atoms with Crippen molar-refractivity contribution >= 4 is 18.3 Å². The van der Waals surface area contributed by atoms with Crippen molar-refractivity contribution in [2.75, 3.05) is 52.6 Å². The van der Waals surface area contributed by atoms with Crippen LogP contribution >= 0.6 is 12.4 Å². The average Bonchev–Trinajstić information content (AvgIpc) is 3.12. The van der Waals surface area contributed by atoms with E-state index >= 15 is 0 Å². The molecule has 21 heavy (non-hydrogen) atoms. The highest BCUT2D eigenvalue weighted by atomic mass is 35.5. The highest BCUT2D eigenvalue weighted by Gasteiger charge is 2.37. The lowest BCUT2D eigenvalue weighted by molar-refractivity contribution is -0.138. The molecule has 0 radical (unpaired) electrons. The van der Waals surface area contributed by atoms with E-state index in [4.69, 9.17) is 9.47 Å². The molecule has 0 aromatic rings. The Morgan fingerprint density at radius 2 is 2.14 bits per heavy atom. The van der Waals surface area contributed by atoms with Crippen LogP contribution in [0.5, 0.6) is 0 Å². The summed E-state index contributed by atoms with van der Waals surface area (Å²) in [5, 5.41) is 3.45. The van der Waals surface area contributed by atoms with Crippen molar-refractivity contribution in [3.63, 3.8) is 0 Å². The van der Waals surface area contributed by atoms with E-state index in [2.05, 4.69) is 5.32 Å². The van der Waals surface area contributed by atoms with Gasteiger partial charge < -0.3 is 19.7 Å². The number of carbonyl (C=O) groups is 1. The summed E-state index contributed by atoms with van der Waals surface area (Å²) < 4.78 is 10.9. The van der Waals surface area contributed by atoms with Gasteiger partial charge in [0.15, 0.2) is 0 Å². The van der Waals surface area contributed by atoms with Gasteiger partial charge in [-0.1, -0.05) is 0 Å². The van der Waals surface area contributed by atoms with Gasteiger partial charge in [-0.25, -0.2) is 0 Å². The molecule has 3 aliphatic rings. The molecule has 122 valence electrons. The van der Waals surface area contributed by atoms with E-state index in [0.717, 1.165) is 58.7 Å². The monoisotopic (exact) mass is 318 g/mol. The van der Waals surface area contributed by atoms with Crippen LogP contribution in [0.4, 0.5) is 0 Å². The van der Waals surface area contributed by atoms with Gasteiger partial charge in [0.25, 0.3) is 0 Å². The lowest BCUT2D eigenvalue weighted by atomic mass is 9.78. The third kappa shape index (κ3) is 4.31. The van der Waals surface area contributed by atoms with Crippen molar-refractivity contribution in [2.24, 2.45) is 11.3 Å². The second kappa shape index (κ2) is 7.77. The fourth-order valence-corrected chi connectivity index (χ4v) is 3.57. The molecule has 0 aromatic heterocycles. The number of likely N-dealkylation sites (tertiary alicyclic amines) is 1. The Balaban J connectivity index is 0.00000161. The quantitative estimate of drug-likeness (QED) is 0.842. The first-order chi connectivity index (χ1) is 9.77. The number of hydrogen-bond acceptors (Lipinski definition) is 4. The number of amides is 1. The summed E-state index contributed by atoms with van der Waals surface area (Å²) in [5.41, 5.74) is 0.471. The van der Waals surface area contributed by atoms with Gasteiger partial charge in [0.1, 0.15) is 6.61 Å². The van der Waals surface area contributed by atoms with Crippen LogP contribution in [-0.4, -0.2) is 63.4 Å². The number of nitrogens with zero attached hydrogens (tertiary/aromatic N) is 1. The summed E-state index contributed by atoms with van der Waals surface area (Å²) >= 11 is 0. The molecule has 0 bridgehead atoms. The van der Waals surface area contributed by atoms with Crippen LogP contribution in [0.15, 0.2) is 0 Å². The van der Waals surface area contributed by atoms with Gasteiger partial charge in [0.2, 0.25) is 5.91 Å². The Morgan fingerprint density at radius 3 is 2.76 bits per heavy atom. The zero-order valence-electron chi connectivity index (χ0n) is 12.6. The summed E-state index contributed by atoms with van der Waals surface area (Å²) in [6.45, 7) is 6.59. The van der Waals surface area contributed by atoms with Gasteiger partial charge in [-0.2, -0.15) is 0 Å². The predicted molar refractivity (Wildman–Crippen MR) is 82.7 cm³/mol. The van der Waals surface area contributed by atoms with Crippen molar-refractivity contribution < 1.29 is 14.3 Å². The first-order valence-corrected chi connectivity index (χ1v) is 7.91. The first kappa shape index (κ1) is 17.0. The molecular weight excluding hydrogens is 292 g/mol. The summed E-state index contributed by atoms with van der Waals surface area (Å²) in [6.07, 6.45) is 4.62. The molecule has 1 unspecified atom stereocenters. The van der Waals surface area contributed by atoms with Crippen molar-refractivity contribution in [1.29, 1.82) is 0 Å². The highest BCUT2D eigenvalue weighted by molar-refractivity contribution is 5.85. The number of hydrogen-bond donors (Lipinski definition) is 1. The van der Waals surface area contributed by atoms with Crippen LogP contribution in [0.25, 0.3) is 0 Å². The van der Waals surface area contributed by atoms with Gasteiger partial charge in [-0.05, 0) is 37.6 Å². The van der Waals surface area contributed by atoms with Gasteiger partial charge in [-0.3, -0.25) is 4.79 Å². The molecule has 6 heteroatoms. The average molecular weight is 319 g/mol. The molecule has 1 spiro atoms. The topological polar surface area (TPSA) is 50.8 Å². The minimum Gasteiger partial charge on any atom is -0.381 e. The number of piperidine rings is 1.